The molecule has 1 aliphatic rings. The molecule has 5 rings (SSSR count). The summed E-state index contributed by atoms with van der Waals surface area (Å²) in [5.74, 6) is 0.700. The molecule has 2 aromatic heterocycles. The zero-order valence-corrected chi connectivity index (χ0v) is 18.6. The van der Waals surface area contributed by atoms with Crippen LogP contribution in [0, 0.1) is 6.92 Å². The van der Waals surface area contributed by atoms with Crippen LogP contribution in [0.1, 0.15) is 22.9 Å². The van der Waals surface area contributed by atoms with Crippen LogP contribution in [0.5, 0.6) is 5.75 Å². The maximum atomic E-state index is 13.4. The molecule has 4 aromatic rings. The average Bonchev–Trinajstić information content (AvgIpc) is 3.17. The number of nitrogens with zero attached hydrogens (tertiary/aromatic N) is 3. The summed E-state index contributed by atoms with van der Waals surface area (Å²) in [4.78, 5) is 26.3. The minimum Gasteiger partial charge on any atom is -0.496 e. The van der Waals surface area contributed by atoms with E-state index in [1.807, 2.05) is 55.5 Å². The second kappa shape index (κ2) is 7.53. The van der Waals surface area contributed by atoms with Gasteiger partial charge in [-0.25, -0.2) is 4.79 Å². The predicted octanol–water partition coefficient (Wildman–Crippen LogP) is 3.14. The third-order valence-corrected chi connectivity index (χ3v) is 6.30. The Balaban J connectivity index is 1.94. The molecule has 0 unspecified atom stereocenters. The Morgan fingerprint density at radius 2 is 1.72 bits per heavy atom. The molecule has 0 N–H and O–H groups in total. The first-order valence-electron chi connectivity index (χ1n) is 10.6. The molecule has 7 heteroatoms. The number of benzene rings is 2. The molecule has 1 atom stereocenters. The van der Waals surface area contributed by atoms with Crippen molar-refractivity contribution in [2.75, 3.05) is 13.7 Å². The van der Waals surface area contributed by atoms with Crippen molar-refractivity contribution in [1.82, 2.24) is 13.7 Å². The van der Waals surface area contributed by atoms with Gasteiger partial charge in [0, 0.05) is 26.2 Å². The van der Waals surface area contributed by atoms with E-state index in [1.165, 1.54) is 11.6 Å². The quantitative estimate of drug-likeness (QED) is 0.500. The number of ether oxygens (including phenoxy) is 2. The molecule has 32 heavy (non-hydrogen) atoms. The maximum absolute atomic E-state index is 13.4. The Morgan fingerprint density at radius 3 is 2.44 bits per heavy atom. The van der Waals surface area contributed by atoms with E-state index in [1.54, 1.807) is 18.7 Å². The van der Waals surface area contributed by atoms with E-state index in [9.17, 15) is 9.59 Å². The van der Waals surface area contributed by atoms with Crippen molar-refractivity contribution in [3.05, 3.63) is 86.2 Å². The number of methoxy groups -OCH3 is 1. The largest absolute Gasteiger partial charge is 0.496 e. The molecule has 0 spiro atoms. The van der Waals surface area contributed by atoms with Crippen LogP contribution in [-0.4, -0.2) is 27.4 Å². The lowest BCUT2D eigenvalue weighted by Gasteiger charge is -2.28. The van der Waals surface area contributed by atoms with Crippen LogP contribution in [0.4, 0.5) is 0 Å². The molecule has 2 aromatic carbocycles. The molecule has 164 valence electrons. The van der Waals surface area contributed by atoms with Crippen molar-refractivity contribution in [1.29, 1.82) is 0 Å². The van der Waals surface area contributed by atoms with Crippen LogP contribution >= 0.6 is 0 Å². The lowest BCUT2D eigenvalue weighted by Crippen LogP contribution is -2.37. The van der Waals surface area contributed by atoms with Crippen LogP contribution < -0.4 is 16.0 Å². The minimum atomic E-state index is -0.473. The van der Waals surface area contributed by atoms with Gasteiger partial charge in [0.15, 0.2) is 0 Å². The number of hydrogen-bond donors (Lipinski definition) is 0. The summed E-state index contributed by atoms with van der Waals surface area (Å²) < 4.78 is 16.7. The molecule has 0 bridgehead atoms. The third kappa shape index (κ3) is 2.85. The second-order valence-electron chi connectivity index (χ2n) is 8.17. The summed E-state index contributed by atoms with van der Waals surface area (Å²) in [5.41, 5.74) is 4.47. The van der Waals surface area contributed by atoms with Gasteiger partial charge in [-0.2, -0.15) is 0 Å². The SMILES string of the molecule is COc1ccccc1[C@H]1OCCn2c(-c3ccc(C)cc3)c3c(=O)n(C)c(=O)n(C)c3c21. The number of aryl methyl sites for hydroxylation is 2. The minimum absolute atomic E-state index is 0.306. The lowest BCUT2D eigenvalue weighted by atomic mass is 10.0. The van der Waals surface area contributed by atoms with Gasteiger partial charge in [-0.3, -0.25) is 13.9 Å². The first-order chi connectivity index (χ1) is 15.4. The summed E-state index contributed by atoms with van der Waals surface area (Å²) in [6.07, 6.45) is -0.473. The molecule has 0 fully saturated rings. The molecule has 0 aliphatic carbocycles. The van der Waals surface area contributed by atoms with Gasteiger partial charge in [-0.15, -0.1) is 0 Å². The lowest BCUT2D eigenvalue weighted by molar-refractivity contribution is 0.0464. The van der Waals surface area contributed by atoms with Crippen molar-refractivity contribution >= 4 is 10.9 Å². The summed E-state index contributed by atoms with van der Waals surface area (Å²) in [7, 11) is 4.85. The number of para-hydroxylation sites is 1. The molecule has 3 heterocycles. The van der Waals surface area contributed by atoms with Crippen LogP contribution in [-0.2, 0) is 25.4 Å². The Bertz CT molecular complexity index is 1460. The van der Waals surface area contributed by atoms with E-state index in [4.69, 9.17) is 9.47 Å². The maximum Gasteiger partial charge on any atom is 0.331 e. The Morgan fingerprint density at radius 1 is 1.00 bits per heavy atom. The Hall–Kier alpha value is -3.58. The Kier molecular flexibility index (Phi) is 4.78. The van der Waals surface area contributed by atoms with Crippen molar-refractivity contribution in [3.8, 4) is 17.0 Å². The van der Waals surface area contributed by atoms with Crippen LogP contribution in [0.25, 0.3) is 22.2 Å². The highest BCUT2D eigenvalue weighted by molar-refractivity contribution is 5.96. The zero-order chi connectivity index (χ0) is 22.6. The molecule has 0 radical (unpaired) electrons. The van der Waals surface area contributed by atoms with E-state index in [0.717, 1.165) is 28.1 Å². The van der Waals surface area contributed by atoms with Gasteiger partial charge in [0.1, 0.15) is 11.9 Å². The zero-order valence-electron chi connectivity index (χ0n) is 18.6. The third-order valence-electron chi connectivity index (χ3n) is 6.30. The van der Waals surface area contributed by atoms with Gasteiger partial charge in [-0.05, 0) is 18.6 Å². The van der Waals surface area contributed by atoms with E-state index in [2.05, 4.69) is 4.57 Å². The molecule has 0 saturated heterocycles. The monoisotopic (exact) mass is 431 g/mol. The standard InChI is InChI=1S/C25H25N3O4/c1-15-9-11-16(12-10-15)20-19-21(26(2)25(30)27(3)24(19)29)22-23(32-14-13-28(20)22)17-7-5-6-8-18(17)31-4/h5-12,23H,13-14H2,1-4H3/t23-/m1/s1. The smallest absolute Gasteiger partial charge is 0.331 e. The van der Waals surface area contributed by atoms with Gasteiger partial charge >= 0.3 is 5.69 Å². The Labute approximate surface area is 185 Å². The summed E-state index contributed by atoms with van der Waals surface area (Å²) in [6.45, 7) is 3.09. The van der Waals surface area contributed by atoms with Gasteiger partial charge in [0.05, 0.1) is 36.0 Å². The summed E-state index contributed by atoms with van der Waals surface area (Å²) >= 11 is 0. The fourth-order valence-corrected chi connectivity index (χ4v) is 4.71. The van der Waals surface area contributed by atoms with Crippen molar-refractivity contribution in [2.45, 2.75) is 19.6 Å². The highest BCUT2D eigenvalue weighted by Gasteiger charge is 2.34. The molecule has 0 amide bonds. The summed E-state index contributed by atoms with van der Waals surface area (Å²) in [5, 5.41) is 0.527. The first kappa shape index (κ1) is 20.3. The highest BCUT2D eigenvalue weighted by atomic mass is 16.5. The van der Waals surface area contributed by atoms with Gasteiger partial charge in [0.2, 0.25) is 0 Å². The number of hydrogen-bond acceptors (Lipinski definition) is 4. The fourth-order valence-electron chi connectivity index (χ4n) is 4.71. The molecular formula is C25H25N3O4. The average molecular weight is 431 g/mol. The fraction of sp³-hybridized carbons (Fsp3) is 0.280. The number of rotatable bonds is 3. The molecule has 1 aliphatic heterocycles. The van der Waals surface area contributed by atoms with E-state index in [0.29, 0.717) is 29.8 Å². The molecule has 0 saturated carbocycles. The first-order valence-corrected chi connectivity index (χ1v) is 10.6. The predicted molar refractivity (Wildman–Crippen MR) is 123 cm³/mol. The van der Waals surface area contributed by atoms with Gasteiger partial charge in [-0.1, -0.05) is 48.0 Å². The number of fused-ring (bicyclic) bond motifs is 3. The topological polar surface area (TPSA) is 67.4 Å². The van der Waals surface area contributed by atoms with Gasteiger partial charge < -0.3 is 14.0 Å². The highest BCUT2D eigenvalue weighted by Crippen LogP contribution is 2.42. The van der Waals surface area contributed by atoms with Crippen LogP contribution in [0.3, 0.4) is 0 Å². The molecule has 7 nitrogen and oxygen atoms in total. The van der Waals surface area contributed by atoms with E-state index in [-0.39, 0.29) is 11.2 Å². The van der Waals surface area contributed by atoms with Crippen molar-refractivity contribution < 1.29 is 9.47 Å². The molecular weight excluding hydrogens is 406 g/mol. The van der Waals surface area contributed by atoms with E-state index >= 15 is 0 Å². The number of aromatic nitrogens is 3. The van der Waals surface area contributed by atoms with Crippen molar-refractivity contribution in [2.24, 2.45) is 14.1 Å². The second-order valence-corrected chi connectivity index (χ2v) is 8.17. The van der Waals surface area contributed by atoms with Crippen LogP contribution in [0.15, 0.2) is 58.1 Å². The summed E-state index contributed by atoms with van der Waals surface area (Å²) in [6, 6.07) is 15.8. The van der Waals surface area contributed by atoms with E-state index < -0.39 is 6.10 Å². The van der Waals surface area contributed by atoms with Gasteiger partial charge in [0.25, 0.3) is 5.56 Å². The van der Waals surface area contributed by atoms with Crippen molar-refractivity contribution in [3.63, 3.8) is 0 Å². The van der Waals surface area contributed by atoms with Crippen LogP contribution in [0.2, 0.25) is 0 Å². The normalized spacial score (nSPS) is 15.7.